The number of amides is 2. The van der Waals surface area contributed by atoms with E-state index in [0.717, 1.165) is 12.8 Å². The molecule has 7 heteroatoms. The van der Waals surface area contributed by atoms with Gasteiger partial charge in [-0.15, -0.1) is 11.8 Å². The molecule has 2 rings (SSSR count). The van der Waals surface area contributed by atoms with Crippen LogP contribution in [0.15, 0.2) is 10.6 Å². The van der Waals surface area contributed by atoms with Crippen molar-refractivity contribution in [2.24, 2.45) is 0 Å². The maximum atomic E-state index is 11.9. The van der Waals surface area contributed by atoms with Gasteiger partial charge in [-0.25, -0.2) is 0 Å². The summed E-state index contributed by atoms with van der Waals surface area (Å²) in [5, 5.41) is 9.39. The fraction of sp³-hybridized carbons (Fsp3) is 0.667. The molecular formula is C15H23N3O3S. The molecule has 0 atom stereocenters. The number of carbonyl (C=O) groups excluding carboxylic acids is 2. The molecule has 6 nitrogen and oxygen atoms in total. The lowest BCUT2D eigenvalue weighted by atomic mass is 10.1. The van der Waals surface area contributed by atoms with Crippen molar-refractivity contribution < 1.29 is 14.1 Å². The zero-order chi connectivity index (χ0) is 15.8. The van der Waals surface area contributed by atoms with Crippen molar-refractivity contribution in [1.82, 2.24) is 10.5 Å². The molecule has 0 saturated heterocycles. The van der Waals surface area contributed by atoms with Crippen LogP contribution in [0.2, 0.25) is 0 Å². The highest BCUT2D eigenvalue weighted by atomic mass is 32.2. The second-order valence-electron chi connectivity index (χ2n) is 5.62. The molecule has 0 aromatic carbocycles. The second kappa shape index (κ2) is 8.82. The molecule has 1 fully saturated rings. The van der Waals surface area contributed by atoms with E-state index in [9.17, 15) is 9.59 Å². The first-order valence-corrected chi connectivity index (χ1v) is 8.89. The quantitative estimate of drug-likeness (QED) is 0.785. The summed E-state index contributed by atoms with van der Waals surface area (Å²) in [4.78, 5) is 23.6. The van der Waals surface area contributed by atoms with Gasteiger partial charge in [0.05, 0.1) is 11.5 Å². The molecule has 1 aromatic rings. The van der Waals surface area contributed by atoms with Gasteiger partial charge < -0.3 is 15.2 Å². The number of aryl methyl sites for hydroxylation is 1. The van der Waals surface area contributed by atoms with Crippen molar-refractivity contribution in [3.05, 3.63) is 11.8 Å². The molecule has 0 aliphatic heterocycles. The smallest absolute Gasteiger partial charge is 0.235 e. The monoisotopic (exact) mass is 325 g/mol. The number of nitrogens with one attached hydrogen (secondary N) is 2. The number of hydrogen-bond acceptors (Lipinski definition) is 5. The minimum atomic E-state index is -0.180. The van der Waals surface area contributed by atoms with Crippen LogP contribution in [-0.2, 0) is 9.59 Å². The highest BCUT2D eigenvalue weighted by Gasteiger charge is 2.15. The molecule has 1 aromatic heterocycles. The maximum absolute atomic E-state index is 11.9. The Morgan fingerprint density at radius 3 is 2.55 bits per heavy atom. The third-order valence-corrected chi connectivity index (χ3v) is 4.51. The summed E-state index contributed by atoms with van der Waals surface area (Å²) in [5.41, 5.74) is 0. The van der Waals surface area contributed by atoms with Gasteiger partial charge in [0, 0.05) is 12.1 Å². The van der Waals surface area contributed by atoms with E-state index in [-0.39, 0.29) is 17.6 Å². The van der Waals surface area contributed by atoms with E-state index in [1.807, 2.05) is 0 Å². The van der Waals surface area contributed by atoms with Crippen molar-refractivity contribution in [2.45, 2.75) is 51.5 Å². The van der Waals surface area contributed by atoms with Crippen LogP contribution in [0.5, 0.6) is 0 Å². The van der Waals surface area contributed by atoms with Crippen molar-refractivity contribution in [1.29, 1.82) is 0 Å². The minimum absolute atomic E-state index is 0.0157. The van der Waals surface area contributed by atoms with Crippen LogP contribution in [0, 0.1) is 6.92 Å². The molecule has 1 saturated carbocycles. The molecule has 1 aliphatic rings. The van der Waals surface area contributed by atoms with E-state index in [1.165, 1.54) is 37.4 Å². The molecule has 0 radical (unpaired) electrons. The Labute approximate surface area is 134 Å². The zero-order valence-electron chi connectivity index (χ0n) is 12.9. The average molecular weight is 325 g/mol. The standard InChI is InChI=1S/C15H23N3O3S/c1-11-8-13(18-21-11)17-15(20)10-22-9-14(19)16-12-6-4-2-3-5-7-12/h8,12H,2-7,9-10H2,1H3,(H,16,19)(H,17,18,20). The normalized spacial score (nSPS) is 16.0. The van der Waals surface area contributed by atoms with Crippen molar-refractivity contribution >= 4 is 29.4 Å². The Balaban J connectivity index is 1.60. The van der Waals surface area contributed by atoms with Gasteiger partial charge in [-0.1, -0.05) is 30.8 Å². The van der Waals surface area contributed by atoms with E-state index >= 15 is 0 Å². The molecule has 22 heavy (non-hydrogen) atoms. The second-order valence-corrected chi connectivity index (χ2v) is 6.61. The van der Waals surface area contributed by atoms with Gasteiger partial charge in [0.1, 0.15) is 5.76 Å². The van der Waals surface area contributed by atoms with Gasteiger partial charge >= 0.3 is 0 Å². The molecule has 0 spiro atoms. The topological polar surface area (TPSA) is 84.2 Å². The SMILES string of the molecule is Cc1cc(NC(=O)CSCC(=O)NC2CCCCCC2)no1. The number of nitrogens with zero attached hydrogens (tertiary/aromatic N) is 1. The van der Waals surface area contributed by atoms with E-state index in [4.69, 9.17) is 4.52 Å². The highest BCUT2D eigenvalue weighted by molar-refractivity contribution is 8.00. The summed E-state index contributed by atoms with van der Waals surface area (Å²) in [6.45, 7) is 1.76. The fourth-order valence-electron chi connectivity index (χ4n) is 2.53. The van der Waals surface area contributed by atoms with Crippen LogP contribution in [0.1, 0.15) is 44.3 Å². The Kier molecular flexibility index (Phi) is 6.76. The van der Waals surface area contributed by atoms with E-state index in [2.05, 4.69) is 15.8 Å². The van der Waals surface area contributed by atoms with E-state index in [0.29, 0.717) is 23.4 Å². The molecule has 0 bridgehead atoms. The van der Waals surface area contributed by atoms with Crippen LogP contribution in [0.25, 0.3) is 0 Å². The molecule has 2 N–H and O–H groups in total. The molecule has 122 valence electrons. The first-order chi connectivity index (χ1) is 10.6. The highest BCUT2D eigenvalue weighted by Crippen LogP contribution is 2.17. The number of aromatic nitrogens is 1. The van der Waals surface area contributed by atoms with Crippen LogP contribution in [0.4, 0.5) is 5.82 Å². The Morgan fingerprint density at radius 1 is 1.23 bits per heavy atom. The predicted molar refractivity (Wildman–Crippen MR) is 86.8 cm³/mol. The van der Waals surface area contributed by atoms with Crippen molar-refractivity contribution in [3.8, 4) is 0 Å². The third-order valence-electron chi connectivity index (χ3n) is 3.58. The van der Waals surface area contributed by atoms with E-state index in [1.54, 1.807) is 13.0 Å². The fourth-order valence-corrected chi connectivity index (χ4v) is 3.16. The van der Waals surface area contributed by atoms with Crippen molar-refractivity contribution in [2.75, 3.05) is 16.8 Å². The summed E-state index contributed by atoms with van der Waals surface area (Å²) in [6.07, 6.45) is 7.06. The lowest BCUT2D eigenvalue weighted by Gasteiger charge is -2.15. The van der Waals surface area contributed by atoms with Gasteiger partial charge in [-0.2, -0.15) is 0 Å². The molecule has 1 aliphatic carbocycles. The summed E-state index contributed by atoms with van der Waals surface area (Å²) < 4.78 is 4.87. The summed E-state index contributed by atoms with van der Waals surface area (Å²) in [7, 11) is 0. The minimum Gasteiger partial charge on any atom is -0.360 e. The van der Waals surface area contributed by atoms with Crippen LogP contribution in [-0.4, -0.2) is 34.5 Å². The molecule has 2 amide bonds. The average Bonchev–Trinajstić information content (AvgIpc) is 2.72. The van der Waals surface area contributed by atoms with Gasteiger partial charge in [0.2, 0.25) is 11.8 Å². The Morgan fingerprint density at radius 2 is 1.91 bits per heavy atom. The summed E-state index contributed by atoms with van der Waals surface area (Å²) in [6, 6.07) is 1.96. The number of anilines is 1. The zero-order valence-corrected chi connectivity index (χ0v) is 13.7. The van der Waals surface area contributed by atoms with Crippen LogP contribution < -0.4 is 10.6 Å². The lowest BCUT2D eigenvalue weighted by molar-refractivity contribution is -0.119. The van der Waals surface area contributed by atoms with Gasteiger partial charge in [-0.3, -0.25) is 9.59 Å². The van der Waals surface area contributed by atoms with Crippen molar-refractivity contribution in [3.63, 3.8) is 0 Å². The number of rotatable bonds is 6. The number of thioether (sulfide) groups is 1. The van der Waals surface area contributed by atoms with Gasteiger partial charge in [-0.05, 0) is 19.8 Å². The first-order valence-electron chi connectivity index (χ1n) is 7.74. The molecule has 1 heterocycles. The maximum Gasteiger partial charge on any atom is 0.235 e. The van der Waals surface area contributed by atoms with E-state index < -0.39 is 0 Å². The largest absolute Gasteiger partial charge is 0.360 e. The number of carbonyl (C=O) groups is 2. The van der Waals surface area contributed by atoms with Gasteiger partial charge in [0.15, 0.2) is 5.82 Å². The molecule has 0 unspecified atom stereocenters. The Bertz CT molecular complexity index is 496. The van der Waals surface area contributed by atoms with Gasteiger partial charge in [0.25, 0.3) is 0 Å². The predicted octanol–water partition coefficient (Wildman–Crippen LogP) is 2.49. The summed E-state index contributed by atoms with van der Waals surface area (Å²) in [5.74, 6) is 1.42. The lowest BCUT2D eigenvalue weighted by Crippen LogP contribution is -2.35. The first kappa shape index (κ1) is 16.9. The number of hydrogen-bond donors (Lipinski definition) is 2. The van der Waals surface area contributed by atoms with Crippen LogP contribution in [0.3, 0.4) is 0 Å². The van der Waals surface area contributed by atoms with Crippen LogP contribution >= 0.6 is 11.8 Å². The Hall–Kier alpha value is -1.50. The summed E-state index contributed by atoms with van der Waals surface area (Å²) >= 11 is 1.31. The third kappa shape index (κ3) is 6.09. The molecular weight excluding hydrogens is 302 g/mol.